The molecule has 0 aliphatic carbocycles. The number of hydrogen-bond donors (Lipinski definition) is 2. The van der Waals surface area contributed by atoms with Gasteiger partial charge in [0.05, 0.1) is 16.5 Å². The van der Waals surface area contributed by atoms with Gasteiger partial charge in [-0.3, -0.25) is 10.1 Å². The summed E-state index contributed by atoms with van der Waals surface area (Å²) in [7, 11) is 0. The number of fused-ring (bicyclic) bond motifs is 1. The molecule has 0 saturated carbocycles. The zero-order valence-electron chi connectivity index (χ0n) is 12.4. The van der Waals surface area contributed by atoms with Gasteiger partial charge < -0.3 is 14.6 Å². The summed E-state index contributed by atoms with van der Waals surface area (Å²) in [5.74, 6) is 0.00199. The number of carbonyl (C=O) groups is 1. The molecule has 0 spiro atoms. The lowest BCUT2D eigenvalue weighted by atomic mass is 10.2. The number of hydrogen-bond acceptors (Lipinski definition) is 6. The molecule has 118 valence electrons. The van der Waals surface area contributed by atoms with Crippen LogP contribution in [0.5, 0.6) is 0 Å². The van der Waals surface area contributed by atoms with Crippen molar-refractivity contribution < 1.29 is 9.21 Å². The van der Waals surface area contributed by atoms with E-state index < -0.39 is 0 Å². The lowest BCUT2D eigenvalue weighted by Crippen LogP contribution is -2.43. The fourth-order valence-corrected chi connectivity index (χ4v) is 3.55. The van der Waals surface area contributed by atoms with Gasteiger partial charge in [-0.1, -0.05) is 11.3 Å². The number of carbonyl (C=O) groups excluding carboxylic acids is 1. The summed E-state index contributed by atoms with van der Waals surface area (Å²) < 4.78 is 6.16. The smallest absolute Gasteiger partial charge is 0.293 e. The largest absolute Gasteiger partial charge is 0.459 e. The van der Waals surface area contributed by atoms with Crippen LogP contribution in [0.4, 0.5) is 10.8 Å². The minimum Gasteiger partial charge on any atom is -0.459 e. The maximum Gasteiger partial charge on any atom is 0.293 e. The summed E-state index contributed by atoms with van der Waals surface area (Å²) in [4.78, 5) is 18.8. The molecule has 6 nitrogen and oxygen atoms in total. The van der Waals surface area contributed by atoms with Crippen molar-refractivity contribution in [3.05, 3.63) is 42.4 Å². The fraction of sp³-hybridized carbons (Fsp3) is 0.250. The van der Waals surface area contributed by atoms with Crippen molar-refractivity contribution in [1.29, 1.82) is 0 Å². The van der Waals surface area contributed by atoms with Gasteiger partial charge in [-0.25, -0.2) is 4.98 Å². The van der Waals surface area contributed by atoms with Crippen molar-refractivity contribution in [2.75, 3.05) is 36.4 Å². The van der Waals surface area contributed by atoms with Crippen LogP contribution in [0.25, 0.3) is 10.2 Å². The zero-order chi connectivity index (χ0) is 15.6. The highest BCUT2D eigenvalue weighted by molar-refractivity contribution is 7.22. The Morgan fingerprint density at radius 1 is 1.30 bits per heavy atom. The van der Waals surface area contributed by atoms with Crippen molar-refractivity contribution in [2.45, 2.75) is 0 Å². The van der Waals surface area contributed by atoms with E-state index in [1.165, 1.54) is 23.3 Å². The van der Waals surface area contributed by atoms with Gasteiger partial charge in [-0.05, 0) is 30.3 Å². The van der Waals surface area contributed by atoms with Gasteiger partial charge in [0.2, 0.25) is 0 Å². The number of furan rings is 1. The molecule has 2 aromatic heterocycles. The summed E-state index contributed by atoms with van der Waals surface area (Å²) in [5, 5.41) is 6.72. The van der Waals surface area contributed by atoms with Crippen LogP contribution in [-0.4, -0.2) is 37.1 Å². The van der Waals surface area contributed by atoms with Gasteiger partial charge in [-0.15, -0.1) is 0 Å². The first-order valence-electron chi connectivity index (χ1n) is 7.51. The van der Waals surface area contributed by atoms with Crippen molar-refractivity contribution in [2.24, 2.45) is 0 Å². The predicted molar refractivity (Wildman–Crippen MR) is 91.4 cm³/mol. The van der Waals surface area contributed by atoms with Crippen molar-refractivity contribution >= 4 is 38.3 Å². The number of aromatic nitrogens is 1. The molecule has 1 fully saturated rings. The van der Waals surface area contributed by atoms with E-state index in [0.717, 1.165) is 36.4 Å². The third-order valence-corrected chi connectivity index (χ3v) is 4.75. The van der Waals surface area contributed by atoms with E-state index in [-0.39, 0.29) is 11.7 Å². The number of thiazole rings is 1. The average Bonchev–Trinajstić information content (AvgIpc) is 3.24. The summed E-state index contributed by atoms with van der Waals surface area (Å²) in [6, 6.07) is 9.55. The maximum absolute atomic E-state index is 12.0. The Labute approximate surface area is 137 Å². The van der Waals surface area contributed by atoms with Crippen LogP contribution in [0, 0.1) is 0 Å². The van der Waals surface area contributed by atoms with Crippen LogP contribution in [0.3, 0.4) is 0 Å². The number of rotatable bonds is 3. The van der Waals surface area contributed by atoms with E-state index in [4.69, 9.17) is 4.42 Å². The van der Waals surface area contributed by atoms with Gasteiger partial charge in [0, 0.05) is 31.9 Å². The topological polar surface area (TPSA) is 70.4 Å². The molecular weight excluding hydrogens is 312 g/mol. The Bertz CT molecular complexity index is 822. The maximum atomic E-state index is 12.0. The van der Waals surface area contributed by atoms with E-state index in [9.17, 15) is 4.79 Å². The number of nitrogens with zero attached hydrogens (tertiary/aromatic N) is 2. The van der Waals surface area contributed by atoms with Gasteiger partial charge >= 0.3 is 0 Å². The minimum atomic E-state index is -0.281. The second kappa shape index (κ2) is 6.02. The van der Waals surface area contributed by atoms with E-state index >= 15 is 0 Å². The number of anilines is 2. The van der Waals surface area contributed by atoms with Crippen LogP contribution in [-0.2, 0) is 0 Å². The molecule has 0 unspecified atom stereocenters. The molecule has 1 aliphatic rings. The number of nitrogens with one attached hydrogen (secondary N) is 2. The molecule has 1 aliphatic heterocycles. The van der Waals surface area contributed by atoms with Crippen LogP contribution >= 0.6 is 11.3 Å². The van der Waals surface area contributed by atoms with Crippen molar-refractivity contribution in [3.63, 3.8) is 0 Å². The van der Waals surface area contributed by atoms with Crippen LogP contribution in [0.1, 0.15) is 10.6 Å². The first kappa shape index (κ1) is 14.2. The molecule has 0 radical (unpaired) electrons. The zero-order valence-corrected chi connectivity index (χ0v) is 13.2. The van der Waals surface area contributed by atoms with Gasteiger partial charge in [0.25, 0.3) is 5.91 Å². The molecule has 0 atom stereocenters. The molecule has 3 aromatic rings. The highest BCUT2D eigenvalue weighted by Gasteiger charge is 2.14. The molecular formula is C16H16N4O2S. The molecule has 0 bridgehead atoms. The molecule has 1 aromatic carbocycles. The monoisotopic (exact) mass is 328 g/mol. The predicted octanol–water partition coefficient (Wildman–Crippen LogP) is 2.55. The number of benzene rings is 1. The molecule has 3 heterocycles. The van der Waals surface area contributed by atoms with Crippen LogP contribution in [0.2, 0.25) is 0 Å². The molecule has 1 saturated heterocycles. The average molecular weight is 328 g/mol. The normalized spacial score (nSPS) is 15.0. The third kappa shape index (κ3) is 2.93. The Hall–Kier alpha value is -2.38. The number of piperazine rings is 1. The Morgan fingerprint density at radius 3 is 2.96 bits per heavy atom. The van der Waals surface area contributed by atoms with Crippen molar-refractivity contribution in [1.82, 2.24) is 10.3 Å². The number of amides is 1. The molecule has 2 N–H and O–H groups in total. The van der Waals surface area contributed by atoms with Crippen molar-refractivity contribution in [3.8, 4) is 0 Å². The third-order valence-electron chi connectivity index (χ3n) is 3.82. The first-order chi connectivity index (χ1) is 11.3. The second-order valence-electron chi connectivity index (χ2n) is 5.34. The standard InChI is InChI=1S/C16H16N4O2S/c21-15(13-2-1-9-22-13)19-16-18-12-4-3-11(10-14(12)23-16)20-7-5-17-6-8-20/h1-4,9-10,17H,5-8H2,(H,18,19,21). The Morgan fingerprint density at radius 2 is 2.17 bits per heavy atom. The van der Waals surface area contributed by atoms with Crippen LogP contribution < -0.4 is 15.5 Å². The van der Waals surface area contributed by atoms with E-state index in [0.29, 0.717) is 5.13 Å². The second-order valence-corrected chi connectivity index (χ2v) is 6.37. The van der Waals surface area contributed by atoms with E-state index in [1.807, 2.05) is 6.07 Å². The summed E-state index contributed by atoms with van der Waals surface area (Å²) >= 11 is 1.47. The summed E-state index contributed by atoms with van der Waals surface area (Å²) in [6.45, 7) is 4.02. The molecule has 4 rings (SSSR count). The van der Waals surface area contributed by atoms with E-state index in [2.05, 4.69) is 32.7 Å². The Kier molecular flexibility index (Phi) is 3.72. The lowest BCUT2D eigenvalue weighted by molar-refractivity contribution is 0.0996. The molecule has 1 amide bonds. The highest BCUT2D eigenvalue weighted by atomic mass is 32.1. The molecule has 7 heteroatoms. The summed E-state index contributed by atoms with van der Waals surface area (Å²) in [5.41, 5.74) is 2.09. The minimum absolute atomic E-state index is 0.281. The van der Waals surface area contributed by atoms with Gasteiger partial charge in [0.15, 0.2) is 10.9 Å². The lowest BCUT2D eigenvalue weighted by Gasteiger charge is -2.29. The Balaban J connectivity index is 1.56. The van der Waals surface area contributed by atoms with Gasteiger partial charge in [0.1, 0.15) is 0 Å². The summed E-state index contributed by atoms with van der Waals surface area (Å²) in [6.07, 6.45) is 1.48. The quantitative estimate of drug-likeness (QED) is 0.773. The fourth-order valence-electron chi connectivity index (χ4n) is 2.65. The highest BCUT2D eigenvalue weighted by Crippen LogP contribution is 2.30. The first-order valence-corrected chi connectivity index (χ1v) is 8.32. The van der Waals surface area contributed by atoms with Crippen LogP contribution in [0.15, 0.2) is 41.0 Å². The SMILES string of the molecule is O=C(Nc1nc2ccc(N3CCNCC3)cc2s1)c1ccco1. The van der Waals surface area contributed by atoms with Gasteiger partial charge in [-0.2, -0.15) is 0 Å². The van der Waals surface area contributed by atoms with E-state index in [1.54, 1.807) is 12.1 Å². The molecule has 23 heavy (non-hydrogen) atoms.